The van der Waals surface area contributed by atoms with Crippen molar-refractivity contribution in [3.05, 3.63) is 41.8 Å². The van der Waals surface area contributed by atoms with Gasteiger partial charge in [-0.05, 0) is 18.6 Å². The predicted molar refractivity (Wildman–Crippen MR) is 131 cm³/mol. The first-order chi connectivity index (χ1) is 18.1. The average molecular weight is 554 g/mol. The van der Waals surface area contributed by atoms with Gasteiger partial charge in [0, 0.05) is 42.8 Å². The summed E-state index contributed by atoms with van der Waals surface area (Å²) in [6.45, 7) is -0.638. The Balaban J connectivity index is 1.42. The number of amides is 2. The van der Waals surface area contributed by atoms with Crippen LogP contribution in [0.2, 0.25) is 5.02 Å². The molecular formula is C23H23ClF3N7O4. The van der Waals surface area contributed by atoms with Crippen LogP contribution in [0.3, 0.4) is 0 Å². The lowest BCUT2D eigenvalue weighted by Crippen LogP contribution is -2.48. The minimum absolute atomic E-state index is 0.143. The lowest BCUT2D eigenvalue weighted by Gasteiger charge is -2.36. The molecule has 2 atom stereocenters. The summed E-state index contributed by atoms with van der Waals surface area (Å²) in [6.07, 6.45) is -0.939. The number of alkyl halides is 3. The van der Waals surface area contributed by atoms with Gasteiger partial charge in [-0.25, -0.2) is 14.8 Å². The fourth-order valence-corrected chi connectivity index (χ4v) is 4.68. The Bertz CT molecular complexity index is 1340. The van der Waals surface area contributed by atoms with Crippen LogP contribution in [0.4, 0.5) is 35.2 Å². The third-order valence-corrected chi connectivity index (χ3v) is 6.41. The van der Waals surface area contributed by atoms with Crippen LogP contribution in [-0.4, -0.2) is 80.6 Å². The smallest absolute Gasteiger partial charge is 0.408 e. The van der Waals surface area contributed by atoms with Crippen LogP contribution in [-0.2, 0) is 6.54 Å². The van der Waals surface area contributed by atoms with Crippen LogP contribution in [0.15, 0.2) is 36.8 Å². The van der Waals surface area contributed by atoms with Gasteiger partial charge < -0.3 is 25.2 Å². The number of nitrogens with zero attached hydrogens (tertiary/aromatic N) is 6. The minimum atomic E-state index is -4.44. The molecule has 202 valence electrons. The first-order valence-electron chi connectivity index (χ1n) is 11.6. The second-order valence-electron chi connectivity index (χ2n) is 8.92. The number of pyridine rings is 2. The van der Waals surface area contributed by atoms with Crippen LogP contribution in [0, 0.1) is 0 Å². The van der Waals surface area contributed by atoms with E-state index in [1.165, 1.54) is 29.6 Å². The Kier molecular flexibility index (Phi) is 7.03. The molecule has 2 aliphatic heterocycles. The van der Waals surface area contributed by atoms with Crippen LogP contribution in [0.25, 0.3) is 11.3 Å². The van der Waals surface area contributed by atoms with Crippen molar-refractivity contribution in [1.29, 1.82) is 0 Å². The largest absolute Gasteiger partial charge is 0.475 e. The maximum absolute atomic E-state index is 13.5. The van der Waals surface area contributed by atoms with Gasteiger partial charge in [0.25, 0.3) is 0 Å². The van der Waals surface area contributed by atoms with Crippen LogP contribution in [0.1, 0.15) is 6.42 Å². The fraction of sp³-hybridized carbons (Fsp3) is 0.391. The fourth-order valence-electron chi connectivity index (χ4n) is 4.43. The highest BCUT2D eigenvalue weighted by molar-refractivity contribution is 6.33. The van der Waals surface area contributed by atoms with E-state index in [2.05, 4.69) is 25.3 Å². The van der Waals surface area contributed by atoms with Gasteiger partial charge in [-0.2, -0.15) is 18.3 Å². The Morgan fingerprint density at radius 2 is 2.16 bits per heavy atom. The van der Waals surface area contributed by atoms with E-state index in [0.29, 0.717) is 36.7 Å². The zero-order valence-corrected chi connectivity index (χ0v) is 20.5. The molecule has 0 radical (unpaired) electrons. The number of halogens is 4. The number of aromatic nitrogens is 4. The summed E-state index contributed by atoms with van der Waals surface area (Å²) in [4.78, 5) is 25.7. The molecule has 2 bridgehead atoms. The number of fused-ring (bicyclic) bond motifs is 4. The van der Waals surface area contributed by atoms with E-state index in [0.717, 1.165) is 4.68 Å². The molecule has 5 heterocycles. The number of carbonyl (C=O) groups excluding carboxylic acids is 1. The molecule has 3 aromatic rings. The summed E-state index contributed by atoms with van der Waals surface area (Å²) in [6, 6.07) is 4.04. The molecule has 5 rings (SSSR count). The molecule has 0 saturated carbocycles. The number of nitrogens with one attached hydrogen (secondary N) is 1. The molecule has 38 heavy (non-hydrogen) atoms. The number of urea groups is 1. The Labute approximate surface area is 219 Å². The third-order valence-electron chi connectivity index (χ3n) is 6.12. The topological polar surface area (TPSA) is 129 Å². The normalized spacial score (nSPS) is 17.4. The van der Waals surface area contributed by atoms with E-state index in [1.807, 2.05) is 0 Å². The summed E-state index contributed by atoms with van der Waals surface area (Å²) in [7, 11) is 0. The minimum Gasteiger partial charge on any atom is -0.475 e. The second-order valence-corrected chi connectivity index (χ2v) is 9.33. The van der Waals surface area contributed by atoms with Crippen LogP contribution < -0.4 is 19.9 Å². The monoisotopic (exact) mass is 553 g/mol. The van der Waals surface area contributed by atoms with Gasteiger partial charge in [0.2, 0.25) is 5.88 Å². The first kappa shape index (κ1) is 26.0. The highest BCUT2D eigenvalue weighted by Crippen LogP contribution is 2.43. The lowest BCUT2D eigenvalue weighted by molar-refractivity contribution is -0.142. The van der Waals surface area contributed by atoms with Crippen molar-refractivity contribution >= 4 is 34.8 Å². The zero-order chi connectivity index (χ0) is 27.0. The van der Waals surface area contributed by atoms with Crippen molar-refractivity contribution in [1.82, 2.24) is 19.7 Å². The van der Waals surface area contributed by atoms with E-state index in [9.17, 15) is 23.1 Å². The van der Waals surface area contributed by atoms with Crippen LogP contribution >= 0.6 is 11.6 Å². The van der Waals surface area contributed by atoms with Crippen molar-refractivity contribution in [2.75, 3.05) is 41.4 Å². The summed E-state index contributed by atoms with van der Waals surface area (Å²) >= 11 is 6.49. The van der Waals surface area contributed by atoms with E-state index in [1.54, 1.807) is 12.1 Å². The van der Waals surface area contributed by atoms with Gasteiger partial charge in [-0.15, -0.1) is 0 Å². The van der Waals surface area contributed by atoms with Gasteiger partial charge >= 0.3 is 12.2 Å². The van der Waals surface area contributed by atoms with Gasteiger partial charge in [0.15, 0.2) is 5.82 Å². The Hall–Kier alpha value is -3.62. The lowest BCUT2D eigenvalue weighted by atomic mass is 10.1. The van der Waals surface area contributed by atoms with E-state index >= 15 is 0 Å². The molecule has 0 aliphatic carbocycles. The molecule has 15 heteroatoms. The number of anilines is 3. The van der Waals surface area contributed by atoms with Gasteiger partial charge in [0.05, 0.1) is 35.2 Å². The standard InChI is InChI=1S/C23H23ClF3N7O4/c24-17-6-18-21(31-20(17)13-7-29-33(8-13)12-23(25,26)27)34(15-2-4-32(18)9-15)22(37)30-14-1-3-28-19(5-14)38-11-16(36)10-35/h1,3,5-8,15-16,35-36H,2,4,9-12H2,(H,28,30,37)/t15-,16+/m0/s1. The predicted octanol–water partition coefficient (Wildman–Crippen LogP) is 2.92. The molecule has 0 spiro atoms. The van der Waals surface area contributed by atoms with E-state index in [4.69, 9.17) is 21.4 Å². The van der Waals surface area contributed by atoms with Crippen molar-refractivity contribution < 1.29 is 32.9 Å². The van der Waals surface area contributed by atoms with Crippen molar-refractivity contribution in [3.63, 3.8) is 0 Å². The van der Waals surface area contributed by atoms with Crippen molar-refractivity contribution in [2.24, 2.45) is 0 Å². The second kappa shape index (κ2) is 10.3. The molecule has 0 aromatic carbocycles. The molecule has 2 amide bonds. The summed E-state index contributed by atoms with van der Waals surface area (Å²) in [5, 5.41) is 25.2. The van der Waals surface area contributed by atoms with Crippen LogP contribution in [0.5, 0.6) is 5.88 Å². The Morgan fingerprint density at radius 1 is 1.34 bits per heavy atom. The van der Waals surface area contributed by atoms with Crippen molar-refractivity contribution in [2.45, 2.75) is 31.3 Å². The average Bonchev–Trinajstić information content (AvgIpc) is 3.50. The highest BCUT2D eigenvalue weighted by atomic mass is 35.5. The SMILES string of the molecule is O=C(Nc1ccnc(OC[C@H](O)CO)c1)N1c2nc(-c3cnn(CC(F)(F)F)c3)c(Cl)cc2N2CC[C@H]1C2. The number of hydrogen-bond acceptors (Lipinski definition) is 8. The molecule has 3 N–H and O–H groups in total. The number of rotatable bonds is 7. The van der Waals surface area contributed by atoms with Gasteiger partial charge in [-0.1, -0.05) is 11.6 Å². The molecular weight excluding hydrogens is 531 g/mol. The molecule has 0 unspecified atom stereocenters. The zero-order valence-electron chi connectivity index (χ0n) is 19.8. The van der Waals surface area contributed by atoms with E-state index in [-0.39, 0.29) is 34.8 Å². The summed E-state index contributed by atoms with van der Waals surface area (Å²) in [5.41, 5.74) is 1.52. The first-order valence-corrected chi connectivity index (χ1v) is 12.0. The molecule has 11 nitrogen and oxygen atoms in total. The van der Waals surface area contributed by atoms with Gasteiger partial charge in [-0.3, -0.25) is 9.58 Å². The number of carbonyl (C=O) groups is 1. The number of ether oxygens (including phenoxy) is 1. The Morgan fingerprint density at radius 3 is 2.92 bits per heavy atom. The quantitative estimate of drug-likeness (QED) is 0.407. The van der Waals surface area contributed by atoms with Gasteiger partial charge in [0.1, 0.15) is 19.3 Å². The highest BCUT2D eigenvalue weighted by Gasteiger charge is 2.41. The third kappa shape index (κ3) is 5.47. The number of hydrogen-bond donors (Lipinski definition) is 3. The molecule has 2 aliphatic rings. The maximum Gasteiger partial charge on any atom is 0.408 e. The molecule has 1 saturated heterocycles. The van der Waals surface area contributed by atoms with E-state index < -0.39 is 31.5 Å². The molecule has 1 fully saturated rings. The molecule has 3 aromatic heterocycles. The summed E-state index contributed by atoms with van der Waals surface area (Å²) in [5.74, 6) is 0.472. The number of aliphatic hydroxyl groups excluding tert-OH is 2. The van der Waals surface area contributed by atoms with Crippen molar-refractivity contribution in [3.8, 4) is 17.1 Å². The summed E-state index contributed by atoms with van der Waals surface area (Å²) < 4.78 is 44.5. The maximum atomic E-state index is 13.5. The number of aliphatic hydroxyl groups is 2.